The Labute approximate surface area is 75.9 Å². The second-order valence-electron chi connectivity index (χ2n) is 3.25. The zero-order valence-electron chi connectivity index (χ0n) is 8.55. The van der Waals surface area contributed by atoms with Crippen LogP contribution in [0, 0.1) is 5.92 Å². The summed E-state index contributed by atoms with van der Waals surface area (Å²) in [4.78, 5) is 0. The van der Waals surface area contributed by atoms with Crippen LogP contribution in [0.25, 0.3) is 0 Å². The van der Waals surface area contributed by atoms with Gasteiger partial charge in [0.05, 0.1) is 6.10 Å². The van der Waals surface area contributed by atoms with E-state index in [1.54, 1.807) is 0 Å². The summed E-state index contributed by atoms with van der Waals surface area (Å²) in [5.41, 5.74) is 0. The molecule has 0 saturated heterocycles. The number of hydrogen-bond acceptors (Lipinski definition) is 2. The van der Waals surface area contributed by atoms with Crippen molar-refractivity contribution in [2.45, 2.75) is 46.1 Å². The van der Waals surface area contributed by atoms with Gasteiger partial charge in [0.2, 0.25) is 0 Å². The van der Waals surface area contributed by atoms with Crippen LogP contribution in [0.5, 0.6) is 0 Å². The molecule has 2 heteroatoms. The van der Waals surface area contributed by atoms with Gasteiger partial charge < -0.3 is 9.84 Å². The Balaban J connectivity index is 3.32. The van der Waals surface area contributed by atoms with Crippen molar-refractivity contribution in [3.8, 4) is 0 Å². The lowest BCUT2D eigenvalue weighted by molar-refractivity contribution is 0.0983. The smallest absolute Gasteiger partial charge is 0.0540 e. The van der Waals surface area contributed by atoms with Gasteiger partial charge in [0, 0.05) is 13.2 Å². The monoisotopic (exact) mass is 174 g/mol. The first-order valence-electron chi connectivity index (χ1n) is 4.98. The maximum Gasteiger partial charge on any atom is 0.0540 e. The molecule has 0 aliphatic rings. The second kappa shape index (κ2) is 7.56. The second-order valence-corrected chi connectivity index (χ2v) is 3.25. The molecule has 74 valence electrons. The van der Waals surface area contributed by atoms with Gasteiger partial charge >= 0.3 is 0 Å². The fourth-order valence-electron chi connectivity index (χ4n) is 1.38. The summed E-state index contributed by atoms with van der Waals surface area (Å²) < 4.78 is 5.23. The molecule has 1 N–H and O–H groups in total. The highest BCUT2D eigenvalue weighted by Crippen LogP contribution is 2.15. The van der Waals surface area contributed by atoms with Gasteiger partial charge in [0.15, 0.2) is 0 Å². The van der Waals surface area contributed by atoms with Crippen LogP contribution in [0.15, 0.2) is 0 Å². The Kier molecular flexibility index (Phi) is 7.51. The molecule has 2 atom stereocenters. The van der Waals surface area contributed by atoms with Crippen molar-refractivity contribution >= 4 is 0 Å². The van der Waals surface area contributed by atoms with Gasteiger partial charge in [-0.2, -0.15) is 0 Å². The molecule has 0 bridgehead atoms. The lowest BCUT2D eigenvalue weighted by Crippen LogP contribution is -2.16. The molecule has 0 spiro atoms. The Bertz CT molecular complexity index is 91.8. The van der Waals surface area contributed by atoms with Crippen LogP contribution in [-0.4, -0.2) is 24.4 Å². The zero-order valence-corrected chi connectivity index (χ0v) is 8.55. The number of aliphatic hydroxyl groups is 1. The third-order valence-electron chi connectivity index (χ3n) is 2.27. The van der Waals surface area contributed by atoms with Crippen LogP contribution in [-0.2, 0) is 4.74 Å². The van der Waals surface area contributed by atoms with Crippen molar-refractivity contribution in [3.63, 3.8) is 0 Å². The molecule has 0 fully saturated rings. The maximum atomic E-state index is 9.33. The number of rotatable bonds is 7. The average Bonchev–Trinajstić information content (AvgIpc) is 2.04. The van der Waals surface area contributed by atoms with Crippen LogP contribution >= 0.6 is 0 Å². The van der Waals surface area contributed by atoms with Gasteiger partial charge in [-0.05, 0) is 32.6 Å². The standard InChI is InChI=1S/C10H22O2/c1-4-10(9(3)11)7-6-8-12-5-2/h9-11H,4-8H2,1-3H3. The van der Waals surface area contributed by atoms with E-state index in [4.69, 9.17) is 4.74 Å². The highest BCUT2D eigenvalue weighted by molar-refractivity contribution is 4.62. The fraction of sp³-hybridized carbons (Fsp3) is 1.00. The SMILES string of the molecule is CCOCCCC(CC)C(C)O. The molecule has 0 aliphatic carbocycles. The summed E-state index contributed by atoms with van der Waals surface area (Å²) in [7, 11) is 0. The summed E-state index contributed by atoms with van der Waals surface area (Å²) in [6.45, 7) is 7.63. The first-order valence-corrected chi connectivity index (χ1v) is 4.98. The molecule has 0 rings (SSSR count). The third-order valence-corrected chi connectivity index (χ3v) is 2.27. The fourth-order valence-corrected chi connectivity index (χ4v) is 1.38. The van der Waals surface area contributed by atoms with E-state index in [1.165, 1.54) is 0 Å². The predicted molar refractivity (Wildman–Crippen MR) is 51.2 cm³/mol. The van der Waals surface area contributed by atoms with E-state index >= 15 is 0 Å². The molecule has 2 unspecified atom stereocenters. The minimum atomic E-state index is -0.170. The zero-order chi connectivity index (χ0) is 9.40. The number of ether oxygens (including phenoxy) is 1. The molecule has 0 radical (unpaired) electrons. The Morgan fingerprint density at radius 3 is 2.42 bits per heavy atom. The number of hydrogen-bond donors (Lipinski definition) is 1. The van der Waals surface area contributed by atoms with Gasteiger partial charge in [-0.15, -0.1) is 0 Å². The molecule has 0 heterocycles. The summed E-state index contributed by atoms with van der Waals surface area (Å²) >= 11 is 0. The summed E-state index contributed by atoms with van der Waals surface area (Å²) in [5, 5.41) is 9.33. The third kappa shape index (κ3) is 5.56. The Morgan fingerprint density at radius 2 is 2.00 bits per heavy atom. The van der Waals surface area contributed by atoms with Crippen LogP contribution in [0.1, 0.15) is 40.0 Å². The largest absolute Gasteiger partial charge is 0.393 e. The van der Waals surface area contributed by atoms with E-state index in [-0.39, 0.29) is 6.10 Å². The van der Waals surface area contributed by atoms with E-state index in [0.29, 0.717) is 5.92 Å². The van der Waals surface area contributed by atoms with Gasteiger partial charge in [-0.1, -0.05) is 13.3 Å². The molecule has 0 aromatic heterocycles. The van der Waals surface area contributed by atoms with E-state index in [1.807, 2.05) is 13.8 Å². The molecule has 12 heavy (non-hydrogen) atoms. The summed E-state index contributed by atoms with van der Waals surface area (Å²) in [5.74, 6) is 0.449. The Morgan fingerprint density at radius 1 is 1.33 bits per heavy atom. The van der Waals surface area contributed by atoms with Crippen molar-refractivity contribution in [2.75, 3.05) is 13.2 Å². The highest BCUT2D eigenvalue weighted by Gasteiger charge is 2.11. The lowest BCUT2D eigenvalue weighted by atomic mass is 9.95. The van der Waals surface area contributed by atoms with Crippen LogP contribution in [0.2, 0.25) is 0 Å². The predicted octanol–water partition coefficient (Wildman–Crippen LogP) is 2.21. The molecule has 2 nitrogen and oxygen atoms in total. The lowest BCUT2D eigenvalue weighted by Gasteiger charge is -2.17. The molecule has 0 amide bonds. The van der Waals surface area contributed by atoms with E-state index in [9.17, 15) is 5.11 Å². The summed E-state index contributed by atoms with van der Waals surface area (Å²) in [6, 6.07) is 0. The summed E-state index contributed by atoms with van der Waals surface area (Å²) in [6.07, 6.45) is 3.03. The molecular weight excluding hydrogens is 152 g/mol. The molecular formula is C10H22O2. The van der Waals surface area contributed by atoms with Crippen LogP contribution in [0.3, 0.4) is 0 Å². The normalized spacial score (nSPS) is 16.0. The van der Waals surface area contributed by atoms with Crippen molar-refractivity contribution < 1.29 is 9.84 Å². The topological polar surface area (TPSA) is 29.5 Å². The minimum Gasteiger partial charge on any atom is -0.393 e. The van der Waals surface area contributed by atoms with E-state index < -0.39 is 0 Å². The molecule has 0 aliphatic heterocycles. The minimum absolute atomic E-state index is 0.170. The van der Waals surface area contributed by atoms with Crippen molar-refractivity contribution in [2.24, 2.45) is 5.92 Å². The van der Waals surface area contributed by atoms with Gasteiger partial charge in [-0.3, -0.25) is 0 Å². The van der Waals surface area contributed by atoms with Gasteiger partial charge in [0.1, 0.15) is 0 Å². The first kappa shape index (κ1) is 11.9. The van der Waals surface area contributed by atoms with Crippen LogP contribution < -0.4 is 0 Å². The van der Waals surface area contributed by atoms with Gasteiger partial charge in [-0.25, -0.2) is 0 Å². The number of aliphatic hydroxyl groups excluding tert-OH is 1. The molecule has 0 aromatic carbocycles. The quantitative estimate of drug-likeness (QED) is 0.600. The first-order chi connectivity index (χ1) is 5.72. The average molecular weight is 174 g/mol. The van der Waals surface area contributed by atoms with E-state index in [2.05, 4.69) is 6.92 Å². The Hall–Kier alpha value is -0.0800. The maximum absolute atomic E-state index is 9.33. The van der Waals surface area contributed by atoms with Crippen LogP contribution in [0.4, 0.5) is 0 Å². The van der Waals surface area contributed by atoms with Crippen molar-refractivity contribution in [3.05, 3.63) is 0 Å². The highest BCUT2D eigenvalue weighted by atomic mass is 16.5. The van der Waals surface area contributed by atoms with Crippen molar-refractivity contribution in [1.82, 2.24) is 0 Å². The molecule has 0 saturated carbocycles. The van der Waals surface area contributed by atoms with Crippen molar-refractivity contribution in [1.29, 1.82) is 0 Å². The molecule has 0 aromatic rings. The van der Waals surface area contributed by atoms with Gasteiger partial charge in [0.25, 0.3) is 0 Å². The van der Waals surface area contributed by atoms with E-state index in [0.717, 1.165) is 32.5 Å².